The number of nitrogens with one attached hydrogen (secondary N) is 1. The summed E-state index contributed by atoms with van der Waals surface area (Å²) in [6.07, 6.45) is 5.70. The Morgan fingerprint density at radius 3 is 2.50 bits per heavy atom. The third kappa shape index (κ3) is 5.26. The monoisotopic (exact) mass is 509 g/mol. The van der Waals surface area contributed by atoms with Crippen molar-refractivity contribution in [3.8, 4) is 23.7 Å². The Labute approximate surface area is 220 Å². The molecule has 9 nitrogen and oxygen atoms in total. The summed E-state index contributed by atoms with van der Waals surface area (Å²) >= 11 is 0. The number of anilines is 2. The average molecular weight is 510 g/mol. The van der Waals surface area contributed by atoms with Gasteiger partial charge in [-0.15, -0.1) is 6.42 Å². The molecule has 4 rings (SSSR count). The Morgan fingerprint density at radius 1 is 1.13 bits per heavy atom. The molecule has 0 aliphatic rings. The largest absolute Gasteiger partial charge is 0.383 e. The number of aromatic nitrogens is 2. The molecule has 38 heavy (non-hydrogen) atoms. The van der Waals surface area contributed by atoms with Gasteiger partial charge in [0, 0.05) is 55.7 Å². The summed E-state index contributed by atoms with van der Waals surface area (Å²) in [5.41, 5.74) is 9.57. The smallest absolute Gasteiger partial charge is 0.257 e. The third-order valence-corrected chi connectivity index (χ3v) is 6.16. The molecule has 9 heteroatoms. The van der Waals surface area contributed by atoms with Crippen LogP contribution in [-0.4, -0.2) is 48.0 Å². The SMILES string of the molecule is C#Cc1cc(C(=O)Nc2cccc(C(N)=O)c2)c2c(c1)nc(-c1ccc(N(C)C(C)=O)cc1)n2CCOC. The summed E-state index contributed by atoms with van der Waals surface area (Å²) in [7, 11) is 3.30. The van der Waals surface area contributed by atoms with Crippen LogP contribution in [0.3, 0.4) is 0 Å². The van der Waals surface area contributed by atoms with E-state index in [9.17, 15) is 14.4 Å². The Bertz CT molecular complexity index is 1580. The molecule has 0 spiro atoms. The maximum Gasteiger partial charge on any atom is 0.257 e. The van der Waals surface area contributed by atoms with Crippen molar-refractivity contribution in [3.05, 3.63) is 77.4 Å². The van der Waals surface area contributed by atoms with E-state index in [1.54, 1.807) is 49.4 Å². The van der Waals surface area contributed by atoms with Gasteiger partial charge in [0.25, 0.3) is 5.91 Å². The van der Waals surface area contributed by atoms with Crippen LogP contribution in [0.4, 0.5) is 11.4 Å². The molecule has 0 unspecified atom stereocenters. The fourth-order valence-corrected chi connectivity index (χ4v) is 4.11. The van der Waals surface area contributed by atoms with Crippen LogP contribution in [0.1, 0.15) is 33.2 Å². The Kier molecular flexibility index (Phi) is 7.55. The summed E-state index contributed by atoms with van der Waals surface area (Å²) in [6, 6.07) is 17.2. The van der Waals surface area contributed by atoms with Gasteiger partial charge in [-0.2, -0.15) is 0 Å². The molecule has 0 bridgehead atoms. The van der Waals surface area contributed by atoms with E-state index in [-0.39, 0.29) is 11.5 Å². The van der Waals surface area contributed by atoms with Gasteiger partial charge in [-0.1, -0.05) is 12.0 Å². The lowest BCUT2D eigenvalue weighted by Gasteiger charge is -2.16. The van der Waals surface area contributed by atoms with Crippen LogP contribution in [0.2, 0.25) is 0 Å². The van der Waals surface area contributed by atoms with Gasteiger partial charge in [0.05, 0.1) is 23.2 Å². The van der Waals surface area contributed by atoms with E-state index in [1.165, 1.54) is 13.0 Å². The first-order valence-corrected chi connectivity index (χ1v) is 11.8. The molecule has 4 aromatic rings. The number of fused-ring (bicyclic) bond motifs is 1. The number of nitrogens with two attached hydrogens (primary N) is 1. The van der Waals surface area contributed by atoms with E-state index >= 15 is 0 Å². The number of terminal acetylenes is 1. The summed E-state index contributed by atoms with van der Waals surface area (Å²) in [4.78, 5) is 43.2. The van der Waals surface area contributed by atoms with Crippen LogP contribution >= 0.6 is 0 Å². The number of hydrogen-bond donors (Lipinski definition) is 2. The van der Waals surface area contributed by atoms with E-state index in [0.717, 1.165) is 11.3 Å². The lowest BCUT2D eigenvalue weighted by Crippen LogP contribution is -2.22. The number of carbonyl (C=O) groups is 3. The van der Waals surface area contributed by atoms with Gasteiger partial charge in [-0.3, -0.25) is 14.4 Å². The third-order valence-electron chi connectivity index (χ3n) is 6.16. The number of ether oxygens (including phenoxy) is 1. The first-order chi connectivity index (χ1) is 18.2. The fraction of sp³-hybridized carbons (Fsp3) is 0.172. The minimum absolute atomic E-state index is 0.0797. The van der Waals surface area contributed by atoms with Crippen LogP contribution in [0.15, 0.2) is 60.7 Å². The minimum Gasteiger partial charge on any atom is -0.383 e. The zero-order chi connectivity index (χ0) is 27.4. The highest BCUT2D eigenvalue weighted by Crippen LogP contribution is 2.30. The number of nitrogens with zero attached hydrogens (tertiary/aromatic N) is 3. The first-order valence-electron chi connectivity index (χ1n) is 11.8. The second-order valence-corrected chi connectivity index (χ2v) is 8.64. The van der Waals surface area contributed by atoms with Crippen LogP contribution in [-0.2, 0) is 16.1 Å². The second-order valence-electron chi connectivity index (χ2n) is 8.64. The van der Waals surface area contributed by atoms with Gasteiger partial charge >= 0.3 is 0 Å². The molecule has 3 aromatic carbocycles. The van der Waals surface area contributed by atoms with Crippen LogP contribution < -0.4 is 16.0 Å². The van der Waals surface area contributed by atoms with Crippen LogP contribution in [0.25, 0.3) is 22.4 Å². The summed E-state index contributed by atoms with van der Waals surface area (Å²) in [5.74, 6) is 2.11. The van der Waals surface area contributed by atoms with Crippen molar-refractivity contribution in [1.82, 2.24) is 9.55 Å². The summed E-state index contributed by atoms with van der Waals surface area (Å²) in [5, 5.41) is 2.83. The molecule has 0 radical (unpaired) electrons. The zero-order valence-electron chi connectivity index (χ0n) is 21.3. The number of carbonyl (C=O) groups excluding carboxylic acids is 3. The van der Waals surface area contributed by atoms with E-state index in [2.05, 4.69) is 11.2 Å². The van der Waals surface area contributed by atoms with Crippen molar-refractivity contribution in [2.75, 3.05) is 31.0 Å². The van der Waals surface area contributed by atoms with Gasteiger partial charge in [0.2, 0.25) is 11.8 Å². The van der Waals surface area contributed by atoms with Crippen LogP contribution in [0, 0.1) is 12.3 Å². The summed E-state index contributed by atoms with van der Waals surface area (Å²) < 4.78 is 7.25. The van der Waals surface area contributed by atoms with Gasteiger partial charge in [-0.05, 0) is 54.6 Å². The van der Waals surface area contributed by atoms with Crippen molar-refractivity contribution in [2.45, 2.75) is 13.5 Å². The fourth-order valence-electron chi connectivity index (χ4n) is 4.11. The average Bonchev–Trinajstić information content (AvgIpc) is 3.29. The van der Waals surface area contributed by atoms with Gasteiger partial charge in [-0.25, -0.2) is 4.98 Å². The molecule has 0 saturated carbocycles. The number of methoxy groups -OCH3 is 1. The van der Waals surface area contributed by atoms with Gasteiger partial charge in [0.1, 0.15) is 5.82 Å². The van der Waals surface area contributed by atoms with Gasteiger partial charge in [0.15, 0.2) is 0 Å². The predicted molar refractivity (Wildman–Crippen MR) is 147 cm³/mol. The molecular formula is C29H27N5O4. The number of primary amides is 1. The van der Waals surface area contributed by atoms with Crippen molar-refractivity contribution >= 4 is 40.1 Å². The molecule has 0 atom stereocenters. The highest BCUT2D eigenvalue weighted by Gasteiger charge is 2.21. The molecule has 0 aliphatic heterocycles. The number of imidazole rings is 1. The summed E-state index contributed by atoms with van der Waals surface area (Å²) in [6.45, 7) is 2.30. The Hall–Kier alpha value is -4.94. The van der Waals surface area contributed by atoms with Gasteiger partial charge < -0.3 is 25.3 Å². The standard InChI is InChI=1S/C29H27N5O4/c1-5-19-15-24(29(37)31-22-8-6-7-21(17-22)27(30)36)26-25(16-19)32-28(34(26)13-14-38-4)20-9-11-23(12-10-20)33(3)18(2)35/h1,6-12,15-17H,13-14H2,2-4H3,(H2,30,36)(H,31,37). The molecule has 1 heterocycles. The lowest BCUT2D eigenvalue weighted by molar-refractivity contribution is -0.116. The second kappa shape index (κ2) is 11.0. The molecule has 0 saturated heterocycles. The molecule has 1 aromatic heterocycles. The number of rotatable bonds is 8. The molecular weight excluding hydrogens is 482 g/mol. The van der Waals surface area contributed by atoms with E-state index < -0.39 is 11.8 Å². The highest BCUT2D eigenvalue weighted by atomic mass is 16.5. The topological polar surface area (TPSA) is 120 Å². The molecule has 3 N–H and O–H groups in total. The molecule has 192 valence electrons. The lowest BCUT2D eigenvalue weighted by atomic mass is 10.1. The predicted octanol–water partition coefficient (Wildman–Crippen LogP) is 3.66. The number of hydrogen-bond acceptors (Lipinski definition) is 5. The van der Waals surface area contributed by atoms with Crippen molar-refractivity contribution in [3.63, 3.8) is 0 Å². The van der Waals surface area contributed by atoms with Crippen molar-refractivity contribution < 1.29 is 19.1 Å². The Balaban J connectivity index is 1.84. The molecule has 0 fully saturated rings. The zero-order valence-corrected chi connectivity index (χ0v) is 21.3. The van der Waals surface area contributed by atoms with Crippen molar-refractivity contribution in [2.24, 2.45) is 5.73 Å². The quantitative estimate of drug-likeness (QED) is 0.351. The van der Waals surface area contributed by atoms with E-state index in [1.807, 2.05) is 28.8 Å². The first kappa shape index (κ1) is 26.1. The maximum absolute atomic E-state index is 13.5. The molecule has 0 aliphatic carbocycles. The minimum atomic E-state index is -0.597. The normalized spacial score (nSPS) is 10.7. The maximum atomic E-state index is 13.5. The Morgan fingerprint density at radius 2 is 1.87 bits per heavy atom. The van der Waals surface area contributed by atoms with Crippen LogP contribution in [0.5, 0.6) is 0 Å². The van der Waals surface area contributed by atoms with E-state index in [0.29, 0.717) is 46.8 Å². The number of amides is 3. The number of benzene rings is 3. The van der Waals surface area contributed by atoms with E-state index in [4.69, 9.17) is 21.9 Å². The van der Waals surface area contributed by atoms with Crippen molar-refractivity contribution in [1.29, 1.82) is 0 Å². The highest BCUT2D eigenvalue weighted by molar-refractivity contribution is 6.12. The molecule has 3 amide bonds.